The largest absolute Gasteiger partial charge is 0.324 e. The van der Waals surface area contributed by atoms with Crippen molar-refractivity contribution in [1.29, 1.82) is 0 Å². The van der Waals surface area contributed by atoms with E-state index in [0.29, 0.717) is 30.6 Å². The zero-order valence-electron chi connectivity index (χ0n) is 15.3. The smallest absolute Gasteiger partial charge is 0.252 e. The summed E-state index contributed by atoms with van der Waals surface area (Å²) < 4.78 is 28.2. The van der Waals surface area contributed by atoms with Gasteiger partial charge in [0.15, 0.2) is 0 Å². The van der Waals surface area contributed by atoms with Crippen LogP contribution in [0.25, 0.3) is 0 Å². The summed E-state index contributed by atoms with van der Waals surface area (Å²) in [5.41, 5.74) is 0.216. The van der Waals surface area contributed by atoms with Gasteiger partial charge in [-0.15, -0.1) is 0 Å². The minimum atomic E-state index is -3.38. The molecule has 0 spiro atoms. The monoisotopic (exact) mass is 391 g/mol. The molecule has 146 valence electrons. The summed E-state index contributed by atoms with van der Waals surface area (Å²) in [6, 6.07) is 8.55. The minimum Gasteiger partial charge on any atom is -0.324 e. The first-order valence-corrected chi connectivity index (χ1v) is 10.7. The first kappa shape index (κ1) is 19.4. The van der Waals surface area contributed by atoms with Crippen LogP contribution in [0.3, 0.4) is 0 Å². The molecule has 27 heavy (non-hydrogen) atoms. The van der Waals surface area contributed by atoms with E-state index in [1.165, 1.54) is 0 Å². The van der Waals surface area contributed by atoms with Crippen LogP contribution in [-0.2, 0) is 20.4 Å². The number of piperidine rings is 1. The molecular weight excluding hydrogens is 366 g/mol. The predicted octanol–water partition coefficient (Wildman–Crippen LogP) is 1.75. The van der Waals surface area contributed by atoms with E-state index in [2.05, 4.69) is 20.5 Å². The van der Waals surface area contributed by atoms with Crippen LogP contribution in [0.1, 0.15) is 26.2 Å². The van der Waals surface area contributed by atoms with E-state index in [9.17, 15) is 13.2 Å². The molecule has 1 saturated heterocycles. The summed E-state index contributed by atoms with van der Waals surface area (Å²) in [5, 5.41) is 10.5. The highest BCUT2D eigenvalue weighted by atomic mass is 32.2. The van der Waals surface area contributed by atoms with E-state index in [1.807, 2.05) is 6.92 Å². The van der Waals surface area contributed by atoms with Crippen LogP contribution in [0.2, 0.25) is 0 Å². The third-order valence-corrected chi connectivity index (χ3v) is 6.16. The molecule has 1 aliphatic heterocycles. The Kier molecular flexibility index (Phi) is 5.81. The van der Waals surface area contributed by atoms with Crippen molar-refractivity contribution in [2.45, 2.75) is 31.7 Å². The molecule has 8 nitrogen and oxygen atoms in total. The Morgan fingerprint density at radius 1 is 1.26 bits per heavy atom. The van der Waals surface area contributed by atoms with Crippen molar-refractivity contribution in [3.8, 4) is 0 Å². The molecule has 2 aromatic rings. The lowest BCUT2D eigenvalue weighted by Crippen LogP contribution is -2.52. The topological polar surface area (TPSA) is 105 Å². The predicted molar refractivity (Wildman–Crippen MR) is 105 cm³/mol. The standard InChI is InChI=1S/C18H25N5O3S/c1-2-13-27(25,26)22-16-6-3-5-15(14-16)21-17(24)18(7-10-19-11-8-18)23-12-4-9-20-23/h3-6,9,12,14,19,22H,2,7-8,10-11,13H2,1H3,(H,21,24). The zero-order valence-corrected chi connectivity index (χ0v) is 16.1. The van der Waals surface area contributed by atoms with E-state index >= 15 is 0 Å². The zero-order chi connectivity index (χ0) is 19.3. The molecule has 2 heterocycles. The second-order valence-corrected chi connectivity index (χ2v) is 8.53. The fraction of sp³-hybridized carbons (Fsp3) is 0.444. The minimum absolute atomic E-state index is 0.0546. The highest BCUT2D eigenvalue weighted by molar-refractivity contribution is 7.92. The van der Waals surface area contributed by atoms with Crippen LogP contribution < -0.4 is 15.4 Å². The lowest BCUT2D eigenvalue weighted by Gasteiger charge is -2.36. The van der Waals surface area contributed by atoms with Gasteiger partial charge in [0, 0.05) is 18.1 Å². The van der Waals surface area contributed by atoms with Crippen LogP contribution >= 0.6 is 0 Å². The first-order chi connectivity index (χ1) is 13.0. The third kappa shape index (κ3) is 4.48. The molecule has 0 atom stereocenters. The van der Waals surface area contributed by atoms with Gasteiger partial charge in [-0.2, -0.15) is 5.10 Å². The molecule has 0 bridgehead atoms. The van der Waals surface area contributed by atoms with Gasteiger partial charge in [-0.3, -0.25) is 14.2 Å². The molecule has 9 heteroatoms. The van der Waals surface area contributed by atoms with Gasteiger partial charge in [0.25, 0.3) is 5.91 Å². The number of benzene rings is 1. The van der Waals surface area contributed by atoms with E-state index < -0.39 is 15.6 Å². The Morgan fingerprint density at radius 2 is 2.00 bits per heavy atom. The van der Waals surface area contributed by atoms with Gasteiger partial charge in [-0.05, 0) is 56.6 Å². The van der Waals surface area contributed by atoms with Crippen molar-refractivity contribution in [1.82, 2.24) is 15.1 Å². The lowest BCUT2D eigenvalue weighted by molar-refractivity contribution is -0.126. The van der Waals surface area contributed by atoms with E-state index in [1.54, 1.807) is 47.4 Å². The quantitative estimate of drug-likeness (QED) is 0.667. The fourth-order valence-corrected chi connectivity index (χ4v) is 4.46. The van der Waals surface area contributed by atoms with Crippen LogP contribution in [-0.4, -0.2) is 42.9 Å². The average Bonchev–Trinajstić information content (AvgIpc) is 3.17. The van der Waals surface area contributed by atoms with Gasteiger partial charge in [0.05, 0.1) is 11.4 Å². The molecule has 1 fully saturated rings. The maximum atomic E-state index is 13.1. The van der Waals surface area contributed by atoms with Crippen LogP contribution in [0, 0.1) is 0 Å². The van der Waals surface area contributed by atoms with Crippen molar-refractivity contribution >= 4 is 27.3 Å². The number of nitrogens with one attached hydrogen (secondary N) is 3. The maximum absolute atomic E-state index is 13.1. The number of amides is 1. The van der Waals surface area contributed by atoms with Gasteiger partial charge >= 0.3 is 0 Å². The number of anilines is 2. The number of hydrogen-bond donors (Lipinski definition) is 3. The number of aromatic nitrogens is 2. The molecule has 1 aromatic carbocycles. The summed E-state index contributed by atoms with van der Waals surface area (Å²) in [6.07, 6.45) is 5.26. The number of carbonyl (C=O) groups excluding carboxylic acids is 1. The normalized spacial score (nSPS) is 16.6. The van der Waals surface area contributed by atoms with Crippen molar-refractivity contribution < 1.29 is 13.2 Å². The Labute approximate surface area is 159 Å². The SMILES string of the molecule is CCCS(=O)(=O)Nc1cccc(NC(=O)C2(n3cccn3)CCNCC2)c1. The van der Waals surface area contributed by atoms with Crippen molar-refractivity contribution in [2.24, 2.45) is 0 Å². The fourth-order valence-electron chi connectivity index (χ4n) is 3.33. The highest BCUT2D eigenvalue weighted by Gasteiger charge is 2.42. The summed E-state index contributed by atoms with van der Waals surface area (Å²) in [7, 11) is -3.38. The second-order valence-electron chi connectivity index (χ2n) is 6.69. The summed E-state index contributed by atoms with van der Waals surface area (Å²) >= 11 is 0. The Morgan fingerprint density at radius 3 is 2.67 bits per heavy atom. The number of carbonyl (C=O) groups is 1. The summed E-state index contributed by atoms with van der Waals surface area (Å²) in [4.78, 5) is 13.1. The van der Waals surface area contributed by atoms with Crippen molar-refractivity contribution in [3.05, 3.63) is 42.7 Å². The molecular formula is C18H25N5O3S. The van der Waals surface area contributed by atoms with Gasteiger partial charge in [-0.25, -0.2) is 8.42 Å². The number of rotatable bonds is 7. The second kappa shape index (κ2) is 8.10. The summed E-state index contributed by atoms with van der Waals surface area (Å²) in [6.45, 7) is 3.26. The van der Waals surface area contributed by atoms with Crippen LogP contribution in [0.15, 0.2) is 42.7 Å². The molecule has 0 saturated carbocycles. The van der Waals surface area contributed by atoms with Gasteiger partial charge in [0.2, 0.25) is 10.0 Å². The summed E-state index contributed by atoms with van der Waals surface area (Å²) in [5.74, 6) is -0.0970. The maximum Gasteiger partial charge on any atom is 0.252 e. The van der Waals surface area contributed by atoms with Crippen LogP contribution in [0.5, 0.6) is 0 Å². The van der Waals surface area contributed by atoms with Crippen LogP contribution in [0.4, 0.5) is 11.4 Å². The molecule has 3 N–H and O–H groups in total. The Hall–Kier alpha value is -2.39. The number of hydrogen-bond acceptors (Lipinski definition) is 5. The molecule has 1 aromatic heterocycles. The average molecular weight is 391 g/mol. The molecule has 0 radical (unpaired) electrons. The van der Waals surface area contributed by atoms with E-state index in [0.717, 1.165) is 13.1 Å². The highest BCUT2D eigenvalue weighted by Crippen LogP contribution is 2.29. The van der Waals surface area contributed by atoms with Gasteiger partial charge in [-0.1, -0.05) is 13.0 Å². The first-order valence-electron chi connectivity index (χ1n) is 9.08. The molecule has 1 amide bonds. The Bertz CT molecular complexity index is 874. The number of sulfonamides is 1. The van der Waals surface area contributed by atoms with Crippen molar-refractivity contribution in [2.75, 3.05) is 28.9 Å². The number of nitrogens with zero attached hydrogens (tertiary/aromatic N) is 2. The Balaban J connectivity index is 1.80. The molecule has 0 aliphatic carbocycles. The molecule has 1 aliphatic rings. The molecule has 3 rings (SSSR count). The van der Waals surface area contributed by atoms with Crippen molar-refractivity contribution in [3.63, 3.8) is 0 Å². The third-order valence-electron chi connectivity index (χ3n) is 4.66. The molecule has 0 unspecified atom stereocenters. The van der Waals surface area contributed by atoms with Gasteiger partial charge in [0.1, 0.15) is 5.54 Å². The lowest BCUT2D eigenvalue weighted by atomic mass is 9.87. The van der Waals surface area contributed by atoms with E-state index in [4.69, 9.17) is 0 Å². The van der Waals surface area contributed by atoms with Gasteiger partial charge < -0.3 is 10.6 Å². The van der Waals surface area contributed by atoms with E-state index in [-0.39, 0.29) is 11.7 Å².